The van der Waals surface area contributed by atoms with E-state index in [9.17, 15) is 0 Å². The van der Waals surface area contributed by atoms with E-state index in [1.165, 1.54) is 0 Å². The summed E-state index contributed by atoms with van der Waals surface area (Å²) in [6, 6.07) is -0.795. The molecule has 0 amide bonds. The molecule has 6 heteroatoms. The fourth-order valence-corrected chi connectivity index (χ4v) is 1.56. The summed E-state index contributed by atoms with van der Waals surface area (Å²) in [5.74, 6) is 0. The third-order valence-corrected chi connectivity index (χ3v) is 2.27. The van der Waals surface area contributed by atoms with Gasteiger partial charge in [-0.25, -0.2) is 0 Å². The minimum Gasteiger partial charge on any atom is -0.289 e. The summed E-state index contributed by atoms with van der Waals surface area (Å²) in [6.07, 6.45) is 2.43. The molecular formula is C6H14N2O4. The van der Waals surface area contributed by atoms with Gasteiger partial charge in [-0.15, -0.1) is 0 Å². The van der Waals surface area contributed by atoms with E-state index in [-0.39, 0.29) is 10.5 Å². The van der Waals surface area contributed by atoms with Gasteiger partial charge in [0.25, 0.3) is 0 Å². The molecule has 1 aliphatic rings. The number of hydrogen-bond acceptors (Lipinski definition) is 6. The molecule has 0 aromatic carbocycles. The molecule has 72 valence electrons. The highest BCUT2D eigenvalue weighted by molar-refractivity contribution is 4.77. The molecule has 0 spiro atoms. The first-order valence-corrected chi connectivity index (χ1v) is 3.95. The van der Waals surface area contributed by atoms with Crippen molar-refractivity contribution in [3.63, 3.8) is 0 Å². The lowest BCUT2D eigenvalue weighted by atomic mass is 9.92. The van der Waals surface area contributed by atoms with E-state index < -0.39 is 12.1 Å². The quantitative estimate of drug-likeness (QED) is 0.459. The van der Waals surface area contributed by atoms with Gasteiger partial charge >= 0.3 is 0 Å². The molecule has 0 bridgehead atoms. The monoisotopic (exact) mass is 178 g/mol. The van der Waals surface area contributed by atoms with Crippen molar-refractivity contribution in [3.8, 4) is 0 Å². The van der Waals surface area contributed by atoms with Crippen LogP contribution in [0.3, 0.4) is 0 Å². The second-order valence-corrected chi connectivity index (χ2v) is 3.12. The lowest BCUT2D eigenvalue weighted by molar-refractivity contribution is -0.362. The minimum absolute atomic E-state index is 0.148. The van der Waals surface area contributed by atoms with Crippen LogP contribution in [0.2, 0.25) is 0 Å². The van der Waals surface area contributed by atoms with Crippen LogP contribution >= 0.6 is 0 Å². The molecule has 0 aromatic heterocycles. The summed E-state index contributed by atoms with van der Waals surface area (Å²) >= 11 is 0. The maximum atomic E-state index is 8.68. The van der Waals surface area contributed by atoms with E-state index in [1.807, 2.05) is 0 Å². The van der Waals surface area contributed by atoms with Crippen molar-refractivity contribution < 1.29 is 20.8 Å². The van der Waals surface area contributed by atoms with Gasteiger partial charge in [-0.2, -0.15) is 0 Å². The van der Waals surface area contributed by atoms with E-state index in [2.05, 4.69) is 0 Å². The van der Waals surface area contributed by atoms with E-state index in [1.54, 1.807) is 0 Å². The third kappa shape index (κ3) is 2.37. The van der Waals surface area contributed by atoms with Crippen LogP contribution in [-0.4, -0.2) is 43.4 Å². The Morgan fingerprint density at radius 2 is 1.25 bits per heavy atom. The molecule has 4 N–H and O–H groups in total. The molecule has 0 heterocycles. The smallest absolute Gasteiger partial charge is 0.0640 e. The zero-order valence-electron chi connectivity index (χ0n) is 6.67. The zero-order valence-corrected chi connectivity index (χ0v) is 6.67. The predicted molar refractivity (Wildman–Crippen MR) is 36.9 cm³/mol. The first-order chi connectivity index (χ1) is 5.61. The molecule has 1 aliphatic carbocycles. The molecule has 6 nitrogen and oxygen atoms in total. The summed E-state index contributed by atoms with van der Waals surface area (Å²) in [5, 5.41) is 35.0. The highest BCUT2D eigenvalue weighted by Gasteiger charge is 2.28. The third-order valence-electron chi connectivity index (χ3n) is 2.27. The average Bonchev–Trinajstić information content (AvgIpc) is 2.04. The Morgan fingerprint density at radius 3 is 1.58 bits per heavy atom. The number of hydrogen-bond donors (Lipinski definition) is 4. The van der Waals surface area contributed by atoms with Crippen LogP contribution in [0, 0.1) is 0 Å². The summed E-state index contributed by atoms with van der Waals surface area (Å²) in [4.78, 5) is 0. The molecule has 2 atom stereocenters. The molecule has 1 fully saturated rings. The van der Waals surface area contributed by atoms with Crippen LogP contribution in [0.25, 0.3) is 0 Å². The van der Waals surface area contributed by atoms with Crippen molar-refractivity contribution in [2.24, 2.45) is 0 Å². The van der Waals surface area contributed by atoms with Crippen molar-refractivity contribution >= 4 is 0 Å². The van der Waals surface area contributed by atoms with E-state index >= 15 is 0 Å². The first-order valence-electron chi connectivity index (χ1n) is 3.95. The van der Waals surface area contributed by atoms with Crippen LogP contribution in [0.5, 0.6) is 0 Å². The van der Waals surface area contributed by atoms with Gasteiger partial charge in [0.15, 0.2) is 0 Å². The van der Waals surface area contributed by atoms with Gasteiger partial charge in [0.1, 0.15) is 0 Å². The standard InChI is InChI=1S/C6H14N2O4/c9-7(10)5-2-1-3-6(4-5)8(11)12/h5-6,9-12H,1-4H2. The van der Waals surface area contributed by atoms with Crippen LogP contribution < -0.4 is 0 Å². The average molecular weight is 178 g/mol. The number of nitrogens with zero attached hydrogens (tertiary/aromatic N) is 2. The molecule has 1 rings (SSSR count). The lowest BCUT2D eigenvalue weighted by Crippen LogP contribution is -2.41. The molecule has 0 aliphatic heterocycles. The highest BCUT2D eigenvalue weighted by atomic mass is 16.8. The molecule has 0 radical (unpaired) electrons. The molecule has 0 aromatic rings. The Hall–Kier alpha value is -0.240. The molecule has 2 unspecified atom stereocenters. The van der Waals surface area contributed by atoms with E-state index in [4.69, 9.17) is 20.8 Å². The Balaban J connectivity index is 2.40. The molecule has 12 heavy (non-hydrogen) atoms. The first kappa shape index (κ1) is 9.85. The Kier molecular flexibility index (Phi) is 3.39. The highest BCUT2D eigenvalue weighted by Crippen LogP contribution is 2.23. The van der Waals surface area contributed by atoms with Crippen LogP contribution in [0.1, 0.15) is 25.7 Å². The van der Waals surface area contributed by atoms with Crippen molar-refractivity contribution in [2.75, 3.05) is 0 Å². The van der Waals surface area contributed by atoms with Crippen LogP contribution in [0.4, 0.5) is 0 Å². The van der Waals surface area contributed by atoms with Gasteiger partial charge in [-0.3, -0.25) is 20.8 Å². The SMILES string of the molecule is ON(O)C1CCCC(N(O)O)C1. The maximum absolute atomic E-state index is 8.68. The number of hydroxylamine groups is 4. The second kappa shape index (κ2) is 4.13. The lowest BCUT2D eigenvalue weighted by Gasteiger charge is -2.31. The van der Waals surface area contributed by atoms with Crippen molar-refractivity contribution in [3.05, 3.63) is 0 Å². The summed E-state index contributed by atoms with van der Waals surface area (Å²) in [5.41, 5.74) is 0. The maximum Gasteiger partial charge on any atom is 0.0640 e. The summed E-state index contributed by atoms with van der Waals surface area (Å²) < 4.78 is 0. The van der Waals surface area contributed by atoms with Gasteiger partial charge in [0.2, 0.25) is 0 Å². The number of rotatable bonds is 2. The van der Waals surface area contributed by atoms with Crippen molar-refractivity contribution in [1.82, 2.24) is 10.5 Å². The Labute approximate surface area is 70.1 Å². The summed E-state index contributed by atoms with van der Waals surface area (Å²) in [6.45, 7) is 0. The van der Waals surface area contributed by atoms with Gasteiger partial charge in [-0.05, 0) is 25.7 Å². The fraction of sp³-hybridized carbons (Fsp3) is 1.00. The van der Waals surface area contributed by atoms with Gasteiger partial charge in [0, 0.05) is 0 Å². The zero-order chi connectivity index (χ0) is 9.14. The second-order valence-electron chi connectivity index (χ2n) is 3.12. The van der Waals surface area contributed by atoms with E-state index in [0.29, 0.717) is 19.3 Å². The van der Waals surface area contributed by atoms with Crippen LogP contribution in [-0.2, 0) is 0 Å². The Morgan fingerprint density at radius 1 is 0.833 bits per heavy atom. The summed E-state index contributed by atoms with van der Waals surface area (Å²) in [7, 11) is 0. The van der Waals surface area contributed by atoms with Gasteiger partial charge < -0.3 is 0 Å². The topological polar surface area (TPSA) is 87.4 Å². The van der Waals surface area contributed by atoms with Crippen LogP contribution in [0.15, 0.2) is 0 Å². The predicted octanol–water partition coefficient (Wildman–Crippen LogP) is 0.458. The minimum atomic E-state index is -0.398. The fourth-order valence-electron chi connectivity index (χ4n) is 1.56. The van der Waals surface area contributed by atoms with Crippen molar-refractivity contribution in [1.29, 1.82) is 0 Å². The van der Waals surface area contributed by atoms with Crippen molar-refractivity contribution in [2.45, 2.75) is 37.8 Å². The Bertz CT molecular complexity index is 128. The molecule has 1 saturated carbocycles. The molecule has 0 saturated heterocycles. The van der Waals surface area contributed by atoms with Gasteiger partial charge in [-0.1, -0.05) is 10.5 Å². The molecular weight excluding hydrogens is 164 g/mol. The van der Waals surface area contributed by atoms with E-state index in [0.717, 1.165) is 6.42 Å². The largest absolute Gasteiger partial charge is 0.289 e. The normalized spacial score (nSPS) is 31.5. The van der Waals surface area contributed by atoms with Gasteiger partial charge in [0.05, 0.1) is 12.1 Å².